The second-order valence-corrected chi connectivity index (χ2v) is 5.49. The summed E-state index contributed by atoms with van der Waals surface area (Å²) in [5.41, 5.74) is -0.556. The third-order valence-electron chi connectivity index (χ3n) is 3.01. The lowest BCUT2D eigenvalue weighted by Gasteiger charge is -2.56. The number of amides is 2. The normalized spacial score (nSPS) is 28.6. The number of β-lactam (4-membered cyclic amide) rings is 2. The smallest absolute Gasteiger partial charge is 0.248 e. The second kappa shape index (κ2) is 2.30. The fraction of sp³-hybridized carbons (Fsp3) is 0.800. The number of hydrazine groups is 1. The van der Waals surface area contributed by atoms with Crippen LogP contribution in [0.25, 0.3) is 0 Å². The second-order valence-electron chi connectivity index (χ2n) is 5.49. The quantitative estimate of drug-likeness (QED) is 0.577. The molecule has 0 aromatic heterocycles. The molecule has 0 saturated carbocycles. The molecule has 4 nitrogen and oxygen atoms in total. The van der Waals surface area contributed by atoms with Crippen molar-refractivity contribution in [3.05, 3.63) is 0 Å². The molecule has 0 spiro atoms. The highest BCUT2D eigenvalue weighted by Gasteiger charge is 2.55. The van der Waals surface area contributed by atoms with Crippen LogP contribution in [0, 0.1) is 10.8 Å². The molecular weight excluding hydrogens is 180 g/mol. The van der Waals surface area contributed by atoms with Crippen LogP contribution in [0.5, 0.6) is 0 Å². The minimum Gasteiger partial charge on any atom is -0.272 e. The van der Waals surface area contributed by atoms with E-state index in [0.29, 0.717) is 13.1 Å². The van der Waals surface area contributed by atoms with Gasteiger partial charge in [0.15, 0.2) is 0 Å². The maximum Gasteiger partial charge on any atom is 0.248 e. The largest absolute Gasteiger partial charge is 0.272 e. The third kappa shape index (κ3) is 0.996. The molecule has 78 valence electrons. The molecule has 0 aromatic rings. The Morgan fingerprint density at radius 2 is 1.14 bits per heavy atom. The summed E-state index contributed by atoms with van der Waals surface area (Å²) in [6.07, 6.45) is 0. The summed E-state index contributed by atoms with van der Waals surface area (Å²) in [5.74, 6) is 0.114. The van der Waals surface area contributed by atoms with Crippen molar-refractivity contribution in [2.75, 3.05) is 13.1 Å². The molecule has 0 N–H and O–H groups in total. The molecule has 2 heterocycles. The van der Waals surface area contributed by atoms with Crippen LogP contribution in [0.4, 0.5) is 0 Å². The van der Waals surface area contributed by atoms with Crippen LogP contribution in [-0.4, -0.2) is 34.9 Å². The van der Waals surface area contributed by atoms with Gasteiger partial charge in [0.1, 0.15) is 0 Å². The van der Waals surface area contributed by atoms with Crippen molar-refractivity contribution in [3.63, 3.8) is 0 Å². The molecule has 0 radical (unpaired) electrons. The lowest BCUT2D eigenvalue weighted by molar-refractivity contribution is -0.216. The first-order valence-electron chi connectivity index (χ1n) is 4.90. The van der Waals surface area contributed by atoms with E-state index in [1.54, 1.807) is 10.0 Å². The van der Waals surface area contributed by atoms with E-state index in [0.717, 1.165) is 0 Å². The monoisotopic (exact) mass is 196 g/mol. The van der Waals surface area contributed by atoms with Gasteiger partial charge in [-0.1, -0.05) is 0 Å². The fourth-order valence-corrected chi connectivity index (χ4v) is 1.93. The van der Waals surface area contributed by atoms with Gasteiger partial charge in [-0.25, -0.2) is 10.0 Å². The Hall–Kier alpha value is -1.06. The predicted molar refractivity (Wildman–Crippen MR) is 51.0 cm³/mol. The van der Waals surface area contributed by atoms with Crippen molar-refractivity contribution in [3.8, 4) is 0 Å². The first-order chi connectivity index (χ1) is 6.26. The maximum absolute atomic E-state index is 11.6. The molecule has 14 heavy (non-hydrogen) atoms. The molecule has 0 bridgehead atoms. The Balaban J connectivity index is 2.03. The van der Waals surface area contributed by atoms with Gasteiger partial charge in [-0.05, 0) is 27.7 Å². The number of carbonyl (C=O) groups excluding carboxylic acids is 2. The summed E-state index contributed by atoms with van der Waals surface area (Å²) < 4.78 is 0. The van der Waals surface area contributed by atoms with Crippen LogP contribution >= 0.6 is 0 Å². The minimum absolute atomic E-state index is 0.0568. The average Bonchev–Trinajstić information content (AvgIpc) is 2.10. The van der Waals surface area contributed by atoms with E-state index in [4.69, 9.17) is 0 Å². The van der Waals surface area contributed by atoms with Gasteiger partial charge < -0.3 is 0 Å². The van der Waals surface area contributed by atoms with Gasteiger partial charge in [-0.3, -0.25) is 9.59 Å². The summed E-state index contributed by atoms with van der Waals surface area (Å²) in [6, 6.07) is 0. The van der Waals surface area contributed by atoms with Crippen molar-refractivity contribution in [2.45, 2.75) is 27.7 Å². The number of nitrogens with zero attached hydrogens (tertiary/aromatic N) is 2. The molecule has 2 saturated heterocycles. The van der Waals surface area contributed by atoms with Gasteiger partial charge in [-0.2, -0.15) is 0 Å². The Labute approximate surface area is 83.8 Å². The van der Waals surface area contributed by atoms with E-state index < -0.39 is 0 Å². The van der Waals surface area contributed by atoms with Crippen LogP contribution in [0.3, 0.4) is 0 Å². The molecule has 2 fully saturated rings. The lowest BCUT2D eigenvalue weighted by atomic mass is 9.81. The average molecular weight is 196 g/mol. The highest BCUT2D eigenvalue weighted by atomic mass is 16.2. The molecule has 0 atom stereocenters. The summed E-state index contributed by atoms with van der Waals surface area (Å²) in [5, 5.41) is 3.13. The van der Waals surface area contributed by atoms with Crippen LogP contribution in [0.1, 0.15) is 27.7 Å². The van der Waals surface area contributed by atoms with Crippen LogP contribution in [0.15, 0.2) is 0 Å². The number of hydrogen-bond donors (Lipinski definition) is 0. The van der Waals surface area contributed by atoms with E-state index in [-0.39, 0.29) is 22.6 Å². The van der Waals surface area contributed by atoms with Crippen molar-refractivity contribution < 1.29 is 9.59 Å². The summed E-state index contributed by atoms with van der Waals surface area (Å²) in [4.78, 5) is 23.2. The van der Waals surface area contributed by atoms with Gasteiger partial charge in [-0.15, -0.1) is 0 Å². The van der Waals surface area contributed by atoms with Gasteiger partial charge in [0.2, 0.25) is 11.8 Å². The number of rotatable bonds is 1. The SMILES string of the molecule is CC1(C)CN(N2CC(C)(C)C2=O)C1=O. The number of hydrogen-bond acceptors (Lipinski definition) is 2. The highest BCUT2D eigenvalue weighted by molar-refractivity contribution is 5.94. The number of carbonyl (C=O) groups is 2. The summed E-state index contributed by atoms with van der Waals surface area (Å²) >= 11 is 0. The Morgan fingerprint density at radius 1 is 0.857 bits per heavy atom. The predicted octanol–water partition coefficient (Wildman–Crippen LogP) is 0.638. The molecule has 0 aliphatic carbocycles. The molecule has 2 aliphatic heterocycles. The summed E-state index contributed by atoms with van der Waals surface area (Å²) in [7, 11) is 0. The van der Waals surface area contributed by atoms with Crippen LogP contribution in [0.2, 0.25) is 0 Å². The zero-order valence-corrected chi connectivity index (χ0v) is 9.13. The van der Waals surface area contributed by atoms with Gasteiger partial charge in [0, 0.05) is 0 Å². The van der Waals surface area contributed by atoms with E-state index >= 15 is 0 Å². The van der Waals surface area contributed by atoms with E-state index in [1.807, 2.05) is 27.7 Å². The van der Waals surface area contributed by atoms with Crippen molar-refractivity contribution in [1.82, 2.24) is 10.0 Å². The third-order valence-corrected chi connectivity index (χ3v) is 3.01. The Kier molecular flexibility index (Phi) is 1.56. The van der Waals surface area contributed by atoms with E-state index in [9.17, 15) is 9.59 Å². The standard InChI is InChI=1S/C10H16N2O2/c1-9(2)5-11(7(9)13)12-6-10(3,4)8(12)14/h5-6H2,1-4H3. The lowest BCUT2D eigenvalue weighted by Crippen LogP contribution is -2.73. The van der Waals surface area contributed by atoms with Crippen molar-refractivity contribution in [1.29, 1.82) is 0 Å². The molecular formula is C10H16N2O2. The van der Waals surface area contributed by atoms with Crippen LogP contribution < -0.4 is 0 Å². The van der Waals surface area contributed by atoms with Gasteiger partial charge >= 0.3 is 0 Å². The van der Waals surface area contributed by atoms with Crippen molar-refractivity contribution in [2.24, 2.45) is 10.8 Å². The molecule has 2 rings (SSSR count). The summed E-state index contributed by atoms with van der Waals surface area (Å²) in [6.45, 7) is 8.94. The zero-order valence-electron chi connectivity index (χ0n) is 9.13. The maximum atomic E-state index is 11.6. The molecule has 0 aromatic carbocycles. The van der Waals surface area contributed by atoms with Crippen molar-refractivity contribution >= 4 is 11.8 Å². The topological polar surface area (TPSA) is 40.6 Å². The molecule has 4 heteroatoms. The highest BCUT2D eigenvalue weighted by Crippen LogP contribution is 2.39. The first-order valence-corrected chi connectivity index (χ1v) is 4.90. The molecule has 2 aliphatic rings. The fourth-order valence-electron chi connectivity index (χ4n) is 1.93. The minimum atomic E-state index is -0.278. The first kappa shape index (κ1) is 9.49. The molecule has 0 unspecified atom stereocenters. The van der Waals surface area contributed by atoms with E-state index in [2.05, 4.69) is 0 Å². The van der Waals surface area contributed by atoms with Gasteiger partial charge in [0.25, 0.3) is 0 Å². The Bertz CT molecular complexity index is 288. The Morgan fingerprint density at radius 3 is 1.29 bits per heavy atom. The molecule has 2 amide bonds. The van der Waals surface area contributed by atoms with Crippen LogP contribution in [-0.2, 0) is 9.59 Å². The zero-order chi connectivity index (χ0) is 10.7. The van der Waals surface area contributed by atoms with E-state index in [1.165, 1.54) is 0 Å². The van der Waals surface area contributed by atoms with Gasteiger partial charge in [0.05, 0.1) is 23.9 Å².